The maximum Gasteiger partial charge on any atom is 0.417 e. The zero-order chi connectivity index (χ0) is 25.7. The van der Waals surface area contributed by atoms with Gasteiger partial charge in [0.1, 0.15) is 28.7 Å². The Kier molecular flexibility index (Phi) is 5.53. The second-order valence-electron chi connectivity index (χ2n) is 8.10. The highest BCUT2D eigenvalue weighted by molar-refractivity contribution is 5.77. The minimum Gasteiger partial charge on any atom is -0.354 e. The van der Waals surface area contributed by atoms with E-state index in [4.69, 9.17) is 4.52 Å². The number of halogens is 6. The summed E-state index contributed by atoms with van der Waals surface area (Å²) in [7, 11) is 0. The van der Waals surface area contributed by atoms with Crippen molar-refractivity contribution in [3.8, 4) is 22.6 Å². The number of hydrogen-bond acceptors (Lipinski definition) is 4. The summed E-state index contributed by atoms with van der Waals surface area (Å²) in [6.07, 6.45) is -6.75. The fourth-order valence-corrected chi connectivity index (χ4v) is 3.81. The first-order valence-corrected chi connectivity index (χ1v) is 10.5. The Bertz CT molecular complexity index is 1570. The van der Waals surface area contributed by atoms with E-state index >= 15 is 0 Å². The quantitative estimate of drug-likeness (QED) is 0.242. The molecule has 184 valence electrons. The molecule has 2 aromatic carbocycles. The van der Waals surface area contributed by atoms with Crippen molar-refractivity contribution in [2.24, 2.45) is 0 Å². The fraction of sp³-hybridized carbons (Fsp3) is 0.167. The van der Waals surface area contributed by atoms with Crippen LogP contribution in [0, 0.1) is 6.92 Å². The molecule has 6 nitrogen and oxygen atoms in total. The molecule has 0 saturated heterocycles. The second kappa shape index (κ2) is 8.47. The van der Waals surface area contributed by atoms with Crippen LogP contribution in [0.2, 0.25) is 0 Å². The molecule has 1 N–H and O–H groups in total. The highest BCUT2D eigenvalue weighted by Gasteiger charge is 2.39. The number of imidazole rings is 1. The number of aromatic nitrogens is 5. The largest absolute Gasteiger partial charge is 0.417 e. The van der Waals surface area contributed by atoms with Crippen molar-refractivity contribution in [1.29, 1.82) is 0 Å². The Hall–Kier alpha value is -4.22. The number of nitrogens with one attached hydrogen (secondary N) is 1. The normalized spacial score (nSPS) is 12.4. The molecule has 36 heavy (non-hydrogen) atoms. The summed E-state index contributed by atoms with van der Waals surface area (Å²) in [4.78, 5) is 7.76. The molecular formula is C24H16F6N5O+. The van der Waals surface area contributed by atoms with Crippen LogP contribution in [0.1, 0.15) is 22.5 Å². The summed E-state index contributed by atoms with van der Waals surface area (Å²) in [5.41, 5.74) is -0.366. The number of aromatic amines is 1. The van der Waals surface area contributed by atoms with Crippen LogP contribution >= 0.6 is 0 Å². The van der Waals surface area contributed by atoms with Crippen LogP contribution in [-0.2, 0) is 18.9 Å². The Morgan fingerprint density at radius 1 is 0.944 bits per heavy atom. The van der Waals surface area contributed by atoms with Crippen molar-refractivity contribution in [1.82, 2.24) is 20.2 Å². The van der Waals surface area contributed by atoms with E-state index in [0.717, 1.165) is 17.2 Å². The van der Waals surface area contributed by atoms with Gasteiger partial charge in [-0.15, -0.1) is 0 Å². The molecule has 0 aliphatic heterocycles. The van der Waals surface area contributed by atoms with Gasteiger partial charge in [0.15, 0.2) is 0 Å². The molecule has 3 aromatic heterocycles. The predicted octanol–water partition coefficient (Wildman–Crippen LogP) is 5.96. The summed E-state index contributed by atoms with van der Waals surface area (Å²) < 4.78 is 86.0. The maximum atomic E-state index is 13.5. The van der Waals surface area contributed by atoms with Gasteiger partial charge in [-0.3, -0.25) is 0 Å². The number of aryl methyl sites for hydroxylation is 1. The summed E-state index contributed by atoms with van der Waals surface area (Å²) >= 11 is 0. The van der Waals surface area contributed by atoms with E-state index in [1.165, 1.54) is 16.9 Å². The molecule has 0 fully saturated rings. The SMILES string of the molecule is Cc1ccccc1-c1nc2cn[n+](Cc3cc(-c4ccc(C(F)(F)F)cc4C(F)(F)F)no3)cc2[nH]1. The lowest BCUT2D eigenvalue weighted by Gasteiger charge is -2.14. The van der Waals surface area contributed by atoms with Crippen LogP contribution in [-0.4, -0.2) is 20.2 Å². The first-order valence-electron chi connectivity index (χ1n) is 10.5. The van der Waals surface area contributed by atoms with Crippen LogP contribution in [0.4, 0.5) is 26.3 Å². The summed E-state index contributed by atoms with van der Waals surface area (Å²) in [5, 5.41) is 7.90. The second-order valence-corrected chi connectivity index (χ2v) is 8.10. The minimum absolute atomic E-state index is 0.0175. The molecule has 0 atom stereocenters. The number of fused-ring (bicyclic) bond motifs is 1. The monoisotopic (exact) mass is 504 g/mol. The number of nitrogens with zero attached hydrogens (tertiary/aromatic N) is 4. The molecule has 3 heterocycles. The predicted molar refractivity (Wildman–Crippen MR) is 115 cm³/mol. The van der Waals surface area contributed by atoms with Gasteiger partial charge in [-0.2, -0.15) is 26.3 Å². The van der Waals surface area contributed by atoms with Crippen molar-refractivity contribution in [3.63, 3.8) is 0 Å². The third kappa shape index (κ3) is 4.53. The smallest absolute Gasteiger partial charge is 0.354 e. The highest BCUT2D eigenvalue weighted by Crippen LogP contribution is 2.40. The van der Waals surface area contributed by atoms with Crippen LogP contribution < -0.4 is 4.68 Å². The molecule has 5 aromatic rings. The van der Waals surface area contributed by atoms with Crippen molar-refractivity contribution in [2.45, 2.75) is 25.8 Å². The lowest BCUT2D eigenvalue weighted by atomic mass is 10.0. The van der Waals surface area contributed by atoms with Gasteiger partial charge >= 0.3 is 12.4 Å². The third-order valence-electron chi connectivity index (χ3n) is 5.57. The Balaban J connectivity index is 1.44. The van der Waals surface area contributed by atoms with E-state index in [1.54, 1.807) is 6.20 Å². The molecule has 12 heteroatoms. The Morgan fingerprint density at radius 2 is 1.72 bits per heavy atom. The average Bonchev–Trinajstić information content (AvgIpc) is 3.44. The van der Waals surface area contributed by atoms with Gasteiger partial charge in [0, 0.05) is 17.2 Å². The fourth-order valence-electron chi connectivity index (χ4n) is 3.81. The Labute approximate surface area is 199 Å². The first-order chi connectivity index (χ1) is 17.0. The topological polar surface area (TPSA) is 71.5 Å². The first kappa shape index (κ1) is 23.5. The van der Waals surface area contributed by atoms with Crippen LogP contribution in [0.3, 0.4) is 0 Å². The lowest BCUT2D eigenvalue weighted by Crippen LogP contribution is -2.37. The number of hydrogen-bond donors (Lipinski definition) is 1. The van der Waals surface area contributed by atoms with E-state index in [-0.39, 0.29) is 24.1 Å². The van der Waals surface area contributed by atoms with Gasteiger partial charge in [0.05, 0.1) is 11.1 Å². The van der Waals surface area contributed by atoms with E-state index < -0.39 is 29.0 Å². The van der Waals surface area contributed by atoms with Gasteiger partial charge in [0.25, 0.3) is 0 Å². The van der Waals surface area contributed by atoms with Crippen LogP contribution in [0.15, 0.2) is 65.4 Å². The van der Waals surface area contributed by atoms with Gasteiger partial charge in [-0.05, 0) is 29.7 Å². The molecule has 0 radical (unpaired) electrons. The zero-order valence-corrected chi connectivity index (χ0v) is 18.4. The summed E-state index contributed by atoms with van der Waals surface area (Å²) in [6.45, 7) is 1.98. The Morgan fingerprint density at radius 3 is 2.44 bits per heavy atom. The van der Waals surface area contributed by atoms with Gasteiger partial charge < -0.3 is 9.51 Å². The van der Waals surface area contributed by atoms with Crippen molar-refractivity contribution >= 4 is 11.0 Å². The molecule has 0 aliphatic rings. The number of alkyl halides is 6. The van der Waals surface area contributed by atoms with E-state index in [1.807, 2.05) is 31.2 Å². The standard InChI is InChI=1S/C24H15F6N5O/c1-13-4-2-3-5-16(13)22-32-20-10-31-35(12-21(20)33-22)11-15-9-19(34-36-15)17-7-6-14(23(25,26)27)8-18(17)24(28,29)30/h2-10,12H,11H2,1H3/p+1. The number of H-pyrrole nitrogens is 1. The number of benzene rings is 2. The number of rotatable bonds is 4. The highest BCUT2D eigenvalue weighted by atomic mass is 19.4. The van der Waals surface area contributed by atoms with Gasteiger partial charge in [-0.1, -0.05) is 40.2 Å². The summed E-state index contributed by atoms with van der Waals surface area (Å²) in [6, 6.07) is 10.3. The molecular weight excluding hydrogens is 488 g/mol. The lowest BCUT2D eigenvalue weighted by molar-refractivity contribution is -0.746. The van der Waals surface area contributed by atoms with Gasteiger partial charge in [-0.25, -0.2) is 4.98 Å². The molecule has 0 bridgehead atoms. The summed E-state index contributed by atoms with van der Waals surface area (Å²) in [5.74, 6) is 0.820. The van der Waals surface area contributed by atoms with Gasteiger partial charge in [0.2, 0.25) is 18.5 Å². The molecule has 0 aliphatic carbocycles. The van der Waals surface area contributed by atoms with E-state index in [2.05, 4.69) is 20.2 Å². The molecule has 0 spiro atoms. The van der Waals surface area contributed by atoms with Crippen molar-refractivity contribution < 1.29 is 35.5 Å². The van der Waals surface area contributed by atoms with Crippen molar-refractivity contribution in [2.75, 3.05) is 0 Å². The molecule has 0 amide bonds. The minimum atomic E-state index is -5.02. The molecule has 5 rings (SSSR count). The van der Waals surface area contributed by atoms with Crippen LogP contribution in [0.25, 0.3) is 33.7 Å². The average molecular weight is 504 g/mol. The molecule has 0 unspecified atom stereocenters. The van der Waals surface area contributed by atoms with E-state index in [9.17, 15) is 26.3 Å². The maximum absolute atomic E-state index is 13.5. The molecule has 0 saturated carbocycles. The van der Waals surface area contributed by atoms with E-state index in [0.29, 0.717) is 22.9 Å². The van der Waals surface area contributed by atoms with Crippen LogP contribution in [0.5, 0.6) is 0 Å². The zero-order valence-electron chi connectivity index (χ0n) is 18.4. The van der Waals surface area contributed by atoms with Crippen molar-refractivity contribution in [3.05, 3.63) is 83.4 Å². The third-order valence-corrected chi connectivity index (χ3v) is 5.57.